The van der Waals surface area contributed by atoms with Crippen LogP contribution in [0.25, 0.3) is 20.4 Å². The number of fused-ring (bicyclic) bond motifs is 2. The fourth-order valence-corrected chi connectivity index (χ4v) is 4.96. The Morgan fingerprint density at radius 3 is 2.81 bits per heavy atom. The highest BCUT2D eigenvalue weighted by atomic mass is 32.1. The zero-order valence-electron chi connectivity index (χ0n) is 11.8. The van der Waals surface area contributed by atoms with Gasteiger partial charge in [0.1, 0.15) is 17.4 Å². The highest BCUT2D eigenvalue weighted by Crippen LogP contribution is 2.37. The quantitative estimate of drug-likeness (QED) is 0.553. The van der Waals surface area contributed by atoms with E-state index < -0.39 is 0 Å². The van der Waals surface area contributed by atoms with E-state index in [0.717, 1.165) is 11.3 Å². The Hall–Kier alpha value is -1.62. The monoisotopic (exact) mass is 313 g/mol. The van der Waals surface area contributed by atoms with E-state index in [2.05, 4.69) is 54.0 Å². The van der Waals surface area contributed by atoms with Gasteiger partial charge in [0.05, 0.1) is 0 Å². The summed E-state index contributed by atoms with van der Waals surface area (Å²) in [5.41, 5.74) is 2.17. The lowest BCUT2D eigenvalue weighted by Gasteiger charge is -2.11. The molecule has 3 heterocycles. The molecular formula is C17H15NOS2. The van der Waals surface area contributed by atoms with Crippen molar-refractivity contribution in [1.82, 2.24) is 5.32 Å². The number of rotatable bonds is 3. The lowest BCUT2D eigenvalue weighted by molar-refractivity contribution is 0.494. The number of aryl methyl sites for hydroxylation is 1. The fraction of sp³-hybridized carbons (Fsp3) is 0.176. The van der Waals surface area contributed by atoms with Crippen LogP contribution < -0.4 is 5.32 Å². The van der Waals surface area contributed by atoms with Crippen molar-refractivity contribution in [2.45, 2.75) is 13.0 Å². The van der Waals surface area contributed by atoms with Crippen LogP contribution in [-0.2, 0) is 0 Å². The fourth-order valence-electron chi connectivity index (χ4n) is 2.72. The van der Waals surface area contributed by atoms with Gasteiger partial charge < -0.3 is 9.73 Å². The Bertz CT molecular complexity index is 887. The highest BCUT2D eigenvalue weighted by molar-refractivity contribution is 7.27. The van der Waals surface area contributed by atoms with Crippen LogP contribution in [0.1, 0.15) is 22.2 Å². The van der Waals surface area contributed by atoms with Crippen molar-refractivity contribution in [2.24, 2.45) is 0 Å². The van der Waals surface area contributed by atoms with Crippen LogP contribution in [-0.4, -0.2) is 7.05 Å². The summed E-state index contributed by atoms with van der Waals surface area (Å²) in [6, 6.07) is 13.0. The maximum absolute atomic E-state index is 6.13. The molecular weight excluding hydrogens is 298 g/mol. The average molecular weight is 313 g/mol. The summed E-state index contributed by atoms with van der Waals surface area (Å²) < 4.78 is 8.83. The summed E-state index contributed by atoms with van der Waals surface area (Å²) in [4.78, 5) is 1.30. The predicted octanol–water partition coefficient (Wildman–Crippen LogP) is 5.33. The third-order valence-electron chi connectivity index (χ3n) is 3.78. The third kappa shape index (κ3) is 2.11. The largest absolute Gasteiger partial charge is 0.459 e. The van der Waals surface area contributed by atoms with E-state index in [4.69, 9.17) is 4.42 Å². The van der Waals surface area contributed by atoms with Gasteiger partial charge in [-0.05, 0) is 43.1 Å². The molecule has 4 heteroatoms. The van der Waals surface area contributed by atoms with Crippen LogP contribution in [0, 0.1) is 6.92 Å². The highest BCUT2D eigenvalue weighted by Gasteiger charge is 2.20. The first-order valence-electron chi connectivity index (χ1n) is 6.89. The number of benzene rings is 1. The van der Waals surface area contributed by atoms with Gasteiger partial charge in [-0.15, -0.1) is 22.7 Å². The molecule has 0 radical (unpaired) electrons. The van der Waals surface area contributed by atoms with Crippen LogP contribution >= 0.6 is 22.7 Å². The molecule has 0 amide bonds. The molecule has 4 aromatic rings. The number of thiophene rings is 2. The molecule has 1 aromatic carbocycles. The van der Waals surface area contributed by atoms with Gasteiger partial charge in [-0.2, -0.15) is 0 Å². The molecule has 0 spiro atoms. The standard InChI is InChI=1S/C17H15NOS2/c1-10-4-3-5-11-8-12(19-17(10)11)16(18-2)15-9-14-13(21-15)6-7-20-14/h3-9,16,18H,1-2H3. The molecule has 0 saturated carbocycles. The van der Waals surface area contributed by atoms with Crippen molar-refractivity contribution in [3.05, 3.63) is 58.0 Å². The molecule has 4 rings (SSSR count). The van der Waals surface area contributed by atoms with Crippen LogP contribution in [0.15, 0.2) is 46.2 Å². The summed E-state index contributed by atoms with van der Waals surface area (Å²) in [6.45, 7) is 2.09. The molecule has 1 atom stereocenters. The van der Waals surface area contributed by atoms with E-state index in [1.165, 1.54) is 25.2 Å². The first kappa shape index (κ1) is 13.1. The number of hydrogen-bond donors (Lipinski definition) is 1. The zero-order chi connectivity index (χ0) is 14.4. The van der Waals surface area contributed by atoms with E-state index in [1.54, 1.807) is 11.3 Å². The maximum Gasteiger partial charge on any atom is 0.137 e. The number of nitrogens with one attached hydrogen (secondary N) is 1. The minimum absolute atomic E-state index is 0.112. The number of hydrogen-bond acceptors (Lipinski definition) is 4. The summed E-state index contributed by atoms with van der Waals surface area (Å²) in [6.07, 6.45) is 0. The topological polar surface area (TPSA) is 25.2 Å². The second-order valence-electron chi connectivity index (χ2n) is 5.16. The smallest absolute Gasteiger partial charge is 0.137 e. The average Bonchev–Trinajstić information content (AvgIpc) is 3.13. The van der Waals surface area contributed by atoms with Gasteiger partial charge in [-0.25, -0.2) is 0 Å². The summed E-state index contributed by atoms with van der Waals surface area (Å²) >= 11 is 3.62. The second kappa shape index (κ2) is 4.98. The minimum Gasteiger partial charge on any atom is -0.459 e. The number of para-hydroxylation sites is 1. The van der Waals surface area contributed by atoms with Crippen molar-refractivity contribution < 1.29 is 4.42 Å². The summed E-state index contributed by atoms with van der Waals surface area (Å²) in [5.74, 6) is 0.982. The van der Waals surface area contributed by atoms with Gasteiger partial charge >= 0.3 is 0 Å². The van der Waals surface area contributed by atoms with Crippen molar-refractivity contribution in [2.75, 3.05) is 7.05 Å². The number of furan rings is 1. The van der Waals surface area contributed by atoms with Gasteiger partial charge in [0.25, 0.3) is 0 Å². The molecule has 0 saturated heterocycles. The predicted molar refractivity (Wildman–Crippen MR) is 91.6 cm³/mol. The maximum atomic E-state index is 6.13. The van der Waals surface area contributed by atoms with E-state index in [-0.39, 0.29) is 6.04 Å². The molecule has 1 N–H and O–H groups in total. The zero-order valence-corrected chi connectivity index (χ0v) is 13.5. The van der Waals surface area contributed by atoms with Gasteiger partial charge in [0.2, 0.25) is 0 Å². The molecule has 0 fully saturated rings. The van der Waals surface area contributed by atoms with Gasteiger partial charge in [0, 0.05) is 19.7 Å². The minimum atomic E-state index is 0.112. The second-order valence-corrected chi connectivity index (χ2v) is 7.22. The molecule has 0 aliphatic carbocycles. The summed E-state index contributed by atoms with van der Waals surface area (Å²) in [7, 11) is 1.98. The molecule has 0 aliphatic rings. The van der Waals surface area contributed by atoms with Crippen LogP contribution in [0.4, 0.5) is 0 Å². The summed E-state index contributed by atoms with van der Waals surface area (Å²) in [5, 5.41) is 6.70. The Kier molecular flexibility index (Phi) is 3.10. The Balaban J connectivity index is 1.83. The van der Waals surface area contributed by atoms with Crippen LogP contribution in [0.3, 0.4) is 0 Å². The van der Waals surface area contributed by atoms with Crippen LogP contribution in [0.5, 0.6) is 0 Å². The first-order chi connectivity index (χ1) is 10.3. The van der Waals surface area contributed by atoms with E-state index in [1.807, 2.05) is 18.4 Å². The lowest BCUT2D eigenvalue weighted by Crippen LogP contribution is -2.15. The normalized spacial score (nSPS) is 13.2. The van der Waals surface area contributed by atoms with E-state index >= 15 is 0 Å². The molecule has 0 aliphatic heterocycles. The van der Waals surface area contributed by atoms with E-state index in [0.29, 0.717) is 0 Å². The Morgan fingerprint density at radius 2 is 2.05 bits per heavy atom. The SMILES string of the molecule is CNC(c1cc2cccc(C)c2o1)c1cc2sccc2s1. The van der Waals surface area contributed by atoms with Crippen LogP contribution in [0.2, 0.25) is 0 Å². The van der Waals surface area contributed by atoms with Gasteiger partial charge in [-0.1, -0.05) is 18.2 Å². The Morgan fingerprint density at radius 1 is 1.14 bits per heavy atom. The molecule has 0 bridgehead atoms. The molecule has 1 unspecified atom stereocenters. The molecule has 2 nitrogen and oxygen atoms in total. The third-order valence-corrected chi connectivity index (χ3v) is 5.93. The molecule has 106 valence electrons. The molecule has 21 heavy (non-hydrogen) atoms. The van der Waals surface area contributed by atoms with Crippen molar-refractivity contribution in [3.63, 3.8) is 0 Å². The lowest BCUT2D eigenvalue weighted by atomic mass is 10.1. The first-order valence-corrected chi connectivity index (χ1v) is 8.59. The van der Waals surface area contributed by atoms with E-state index in [9.17, 15) is 0 Å². The molecule has 3 aromatic heterocycles. The van der Waals surface area contributed by atoms with Gasteiger partial charge in [0.15, 0.2) is 0 Å². The van der Waals surface area contributed by atoms with Crippen molar-refractivity contribution in [1.29, 1.82) is 0 Å². The van der Waals surface area contributed by atoms with Crippen molar-refractivity contribution >= 4 is 43.0 Å². The Labute approximate surface area is 131 Å². The van der Waals surface area contributed by atoms with Gasteiger partial charge in [-0.3, -0.25) is 0 Å². The van der Waals surface area contributed by atoms with Crippen molar-refractivity contribution in [3.8, 4) is 0 Å².